The van der Waals surface area contributed by atoms with Gasteiger partial charge in [-0.15, -0.1) is 0 Å². The van der Waals surface area contributed by atoms with Crippen molar-refractivity contribution in [2.45, 2.75) is 19.3 Å². The van der Waals surface area contributed by atoms with Crippen molar-refractivity contribution in [2.24, 2.45) is 11.8 Å². The normalized spacial score (nSPS) is 24.8. The van der Waals surface area contributed by atoms with E-state index in [1.54, 1.807) is 11.0 Å². The first kappa shape index (κ1) is 13.4. The Bertz CT molecular complexity index is 564. The highest BCUT2D eigenvalue weighted by Gasteiger charge is 2.39. The van der Waals surface area contributed by atoms with Gasteiger partial charge in [-0.05, 0) is 36.8 Å². The zero-order valence-corrected chi connectivity index (χ0v) is 11.7. The van der Waals surface area contributed by atoms with Crippen molar-refractivity contribution in [3.63, 3.8) is 0 Å². The molecule has 3 rings (SSSR count). The Morgan fingerprint density at radius 3 is 2.55 bits per heavy atom. The van der Waals surface area contributed by atoms with Gasteiger partial charge in [0.25, 0.3) is 5.91 Å². The summed E-state index contributed by atoms with van der Waals surface area (Å²) >= 11 is 5.86. The molecule has 106 valence electrons. The van der Waals surface area contributed by atoms with Crippen LogP contribution in [-0.2, 0) is 0 Å². The van der Waals surface area contributed by atoms with Gasteiger partial charge in [0.1, 0.15) is 10.6 Å². The molecule has 20 heavy (non-hydrogen) atoms. The Balaban J connectivity index is 1.88. The van der Waals surface area contributed by atoms with Crippen LogP contribution >= 0.6 is 11.6 Å². The second kappa shape index (κ2) is 5.05. The van der Waals surface area contributed by atoms with Crippen LogP contribution in [0, 0.1) is 22.0 Å². The second-order valence-corrected chi connectivity index (χ2v) is 5.96. The quantitative estimate of drug-likeness (QED) is 0.622. The van der Waals surface area contributed by atoms with Crippen molar-refractivity contribution in [3.8, 4) is 0 Å². The average Bonchev–Trinajstić information content (AvgIpc) is 2.97. The van der Waals surface area contributed by atoms with E-state index in [-0.39, 0.29) is 22.2 Å². The van der Waals surface area contributed by atoms with E-state index in [0.29, 0.717) is 24.9 Å². The number of likely N-dealkylation sites (tertiary alicyclic amines) is 1. The molecule has 0 N–H and O–H groups in total. The summed E-state index contributed by atoms with van der Waals surface area (Å²) in [5, 5.41) is 11.1. The summed E-state index contributed by atoms with van der Waals surface area (Å²) in [6.45, 7) is 1.43. The SMILES string of the molecule is O=C(c1cccc(Cl)c1[N+](=O)[O-])N1CC2CCCC2C1. The Hall–Kier alpha value is -1.62. The van der Waals surface area contributed by atoms with Gasteiger partial charge in [-0.2, -0.15) is 0 Å². The van der Waals surface area contributed by atoms with Crippen LogP contribution in [0.1, 0.15) is 29.6 Å². The maximum atomic E-state index is 12.5. The first-order valence-electron chi connectivity index (χ1n) is 6.80. The number of carbonyl (C=O) groups is 1. The number of hydrogen-bond donors (Lipinski definition) is 0. The van der Waals surface area contributed by atoms with E-state index < -0.39 is 4.92 Å². The first-order chi connectivity index (χ1) is 9.58. The molecule has 1 saturated heterocycles. The van der Waals surface area contributed by atoms with Crippen LogP contribution in [0.15, 0.2) is 18.2 Å². The van der Waals surface area contributed by atoms with Crippen LogP contribution in [0.4, 0.5) is 5.69 Å². The molecule has 0 aromatic heterocycles. The Morgan fingerprint density at radius 2 is 1.95 bits per heavy atom. The van der Waals surface area contributed by atoms with E-state index in [2.05, 4.69) is 0 Å². The maximum Gasteiger partial charge on any atom is 0.300 e. The lowest BCUT2D eigenvalue weighted by atomic mass is 10.0. The molecule has 2 aliphatic rings. The summed E-state index contributed by atoms with van der Waals surface area (Å²) < 4.78 is 0. The largest absolute Gasteiger partial charge is 0.338 e. The van der Waals surface area contributed by atoms with E-state index in [1.165, 1.54) is 18.6 Å². The topological polar surface area (TPSA) is 63.4 Å². The van der Waals surface area contributed by atoms with Gasteiger partial charge in [0, 0.05) is 13.1 Å². The summed E-state index contributed by atoms with van der Waals surface area (Å²) in [7, 11) is 0. The number of halogens is 1. The fourth-order valence-corrected chi connectivity index (χ4v) is 3.69. The number of carbonyl (C=O) groups excluding carboxylic acids is 1. The van der Waals surface area contributed by atoms with Crippen molar-refractivity contribution in [2.75, 3.05) is 13.1 Å². The van der Waals surface area contributed by atoms with E-state index in [1.807, 2.05) is 0 Å². The zero-order valence-electron chi connectivity index (χ0n) is 10.9. The minimum atomic E-state index is -0.577. The first-order valence-corrected chi connectivity index (χ1v) is 7.18. The second-order valence-electron chi connectivity index (χ2n) is 5.55. The Labute approximate surface area is 121 Å². The maximum absolute atomic E-state index is 12.5. The van der Waals surface area contributed by atoms with Crippen molar-refractivity contribution >= 4 is 23.2 Å². The molecule has 1 saturated carbocycles. The molecule has 1 aliphatic heterocycles. The number of nitro groups is 1. The lowest BCUT2D eigenvalue weighted by molar-refractivity contribution is -0.385. The third kappa shape index (κ3) is 2.16. The van der Waals surface area contributed by atoms with Crippen LogP contribution in [0.2, 0.25) is 5.02 Å². The molecular weight excluding hydrogens is 280 g/mol. The molecule has 2 unspecified atom stereocenters. The Morgan fingerprint density at radius 1 is 1.30 bits per heavy atom. The van der Waals surface area contributed by atoms with Crippen LogP contribution < -0.4 is 0 Å². The summed E-state index contributed by atoms with van der Waals surface area (Å²) in [6, 6.07) is 4.51. The molecule has 0 radical (unpaired) electrons. The fraction of sp³-hybridized carbons (Fsp3) is 0.500. The Kier molecular flexibility index (Phi) is 3.38. The van der Waals surface area contributed by atoms with Crippen LogP contribution in [-0.4, -0.2) is 28.8 Å². The van der Waals surface area contributed by atoms with E-state index in [9.17, 15) is 14.9 Å². The average molecular weight is 295 g/mol. The summed E-state index contributed by atoms with van der Waals surface area (Å²) in [6.07, 6.45) is 3.55. The molecular formula is C14H15ClN2O3. The number of fused-ring (bicyclic) bond motifs is 1. The van der Waals surface area contributed by atoms with Crippen LogP contribution in [0.25, 0.3) is 0 Å². The third-order valence-electron chi connectivity index (χ3n) is 4.41. The van der Waals surface area contributed by atoms with Gasteiger partial charge in [-0.3, -0.25) is 14.9 Å². The number of para-hydroxylation sites is 1. The number of rotatable bonds is 2. The van der Waals surface area contributed by atoms with E-state index >= 15 is 0 Å². The van der Waals surface area contributed by atoms with Gasteiger partial charge >= 0.3 is 5.69 Å². The lowest BCUT2D eigenvalue weighted by Crippen LogP contribution is -2.30. The summed E-state index contributed by atoms with van der Waals surface area (Å²) in [4.78, 5) is 24.8. The fourth-order valence-electron chi connectivity index (χ4n) is 3.44. The molecule has 1 aromatic rings. The summed E-state index contributed by atoms with van der Waals surface area (Å²) in [5.74, 6) is 0.864. The molecule has 1 aromatic carbocycles. The molecule has 2 atom stereocenters. The molecule has 2 fully saturated rings. The standard InChI is InChI=1S/C14H15ClN2O3/c15-12-6-2-5-11(13(12)17(19)20)14(18)16-7-9-3-1-4-10(9)8-16/h2,5-6,9-10H,1,3-4,7-8H2. The molecule has 1 amide bonds. The monoisotopic (exact) mass is 294 g/mol. The number of nitro benzene ring substituents is 1. The number of nitrogens with zero attached hydrogens (tertiary/aromatic N) is 2. The van der Waals surface area contributed by atoms with Gasteiger partial charge in [-0.1, -0.05) is 24.1 Å². The minimum Gasteiger partial charge on any atom is -0.338 e. The van der Waals surface area contributed by atoms with Crippen LogP contribution in [0.3, 0.4) is 0 Å². The number of benzene rings is 1. The highest BCUT2D eigenvalue weighted by atomic mass is 35.5. The van der Waals surface area contributed by atoms with Crippen molar-refractivity contribution in [3.05, 3.63) is 38.9 Å². The highest BCUT2D eigenvalue weighted by molar-refractivity contribution is 6.33. The van der Waals surface area contributed by atoms with Gasteiger partial charge in [-0.25, -0.2) is 0 Å². The molecule has 0 bridgehead atoms. The predicted molar refractivity (Wildman–Crippen MR) is 74.8 cm³/mol. The number of amides is 1. The smallest absolute Gasteiger partial charge is 0.300 e. The lowest BCUT2D eigenvalue weighted by Gasteiger charge is -2.17. The van der Waals surface area contributed by atoms with Crippen molar-refractivity contribution < 1.29 is 9.72 Å². The van der Waals surface area contributed by atoms with Gasteiger partial charge < -0.3 is 4.90 Å². The van der Waals surface area contributed by atoms with Crippen molar-refractivity contribution in [1.82, 2.24) is 4.90 Å². The number of hydrogen-bond acceptors (Lipinski definition) is 3. The minimum absolute atomic E-state index is 0.0141. The highest BCUT2D eigenvalue weighted by Crippen LogP contribution is 2.39. The van der Waals surface area contributed by atoms with Crippen molar-refractivity contribution in [1.29, 1.82) is 0 Å². The zero-order chi connectivity index (χ0) is 14.3. The van der Waals surface area contributed by atoms with E-state index in [4.69, 9.17) is 11.6 Å². The third-order valence-corrected chi connectivity index (χ3v) is 4.72. The molecule has 6 heteroatoms. The van der Waals surface area contributed by atoms with Gasteiger partial charge in [0.2, 0.25) is 0 Å². The summed E-state index contributed by atoms with van der Waals surface area (Å²) in [5.41, 5.74) is -0.182. The van der Waals surface area contributed by atoms with Gasteiger partial charge in [0.05, 0.1) is 4.92 Å². The van der Waals surface area contributed by atoms with Gasteiger partial charge in [0.15, 0.2) is 0 Å². The molecule has 5 nitrogen and oxygen atoms in total. The van der Waals surface area contributed by atoms with E-state index in [0.717, 1.165) is 12.8 Å². The van der Waals surface area contributed by atoms with Crippen LogP contribution in [0.5, 0.6) is 0 Å². The molecule has 1 aliphatic carbocycles. The predicted octanol–water partition coefficient (Wildman–Crippen LogP) is 3.12. The molecule has 1 heterocycles. The molecule has 0 spiro atoms.